The van der Waals surface area contributed by atoms with E-state index in [9.17, 15) is 14.9 Å². The van der Waals surface area contributed by atoms with Gasteiger partial charge in [-0.05, 0) is 12.5 Å². The lowest BCUT2D eigenvalue weighted by atomic mass is 10.1. The molecule has 0 fully saturated rings. The number of benzene rings is 1. The Morgan fingerprint density at radius 2 is 2.24 bits per heavy atom. The molecule has 1 N–H and O–H groups in total. The van der Waals surface area contributed by atoms with Crippen molar-refractivity contribution in [3.63, 3.8) is 0 Å². The Morgan fingerprint density at radius 3 is 2.76 bits per heavy atom. The van der Waals surface area contributed by atoms with Gasteiger partial charge in [-0.2, -0.15) is 0 Å². The molecule has 0 aromatic heterocycles. The molecule has 0 aliphatic rings. The molecular weight excluding hydrogens is 224 g/mol. The summed E-state index contributed by atoms with van der Waals surface area (Å²) in [5, 5.41) is 13.6. The molecule has 0 bridgehead atoms. The van der Waals surface area contributed by atoms with Crippen LogP contribution in [0.25, 0.3) is 0 Å². The SMILES string of the molecule is CCCNc1ccc([N+](=O)[O-])cc1C(=O)OC. The lowest BCUT2D eigenvalue weighted by molar-refractivity contribution is -0.384. The van der Waals surface area contributed by atoms with Gasteiger partial charge in [0.25, 0.3) is 5.69 Å². The number of hydrogen-bond acceptors (Lipinski definition) is 5. The molecular formula is C11H14N2O4. The van der Waals surface area contributed by atoms with Gasteiger partial charge in [0, 0.05) is 24.4 Å². The Bertz CT molecular complexity index is 431. The number of rotatable bonds is 5. The number of nitrogens with zero attached hydrogens (tertiary/aromatic N) is 1. The number of methoxy groups -OCH3 is 1. The first-order valence-electron chi connectivity index (χ1n) is 5.20. The quantitative estimate of drug-likeness (QED) is 0.483. The smallest absolute Gasteiger partial charge is 0.340 e. The first-order chi connectivity index (χ1) is 8.10. The molecule has 0 unspecified atom stereocenters. The monoisotopic (exact) mass is 238 g/mol. The van der Waals surface area contributed by atoms with Crippen LogP contribution < -0.4 is 5.32 Å². The van der Waals surface area contributed by atoms with Crippen molar-refractivity contribution in [1.82, 2.24) is 0 Å². The fraction of sp³-hybridized carbons (Fsp3) is 0.364. The van der Waals surface area contributed by atoms with Crippen molar-refractivity contribution in [2.75, 3.05) is 19.0 Å². The zero-order valence-corrected chi connectivity index (χ0v) is 9.73. The number of esters is 1. The number of nitro groups is 1. The average Bonchev–Trinajstić information content (AvgIpc) is 2.35. The molecule has 0 atom stereocenters. The molecule has 1 rings (SSSR count). The van der Waals surface area contributed by atoms with Crippen molar-refractivity contribution in [2.45, 2.75) is 13.3 Å². The highest BCUT2D eigenvalue weighted by Gasteiger charge is 2.16. The number of hydrogen-bond donors (Lipinski definition) is 1. The first-order valence-corrected chi connectivity index (χ1v) is 5.20. The molecule has 6 heteroatoms. The maximum Gasteiger partial charge on any atom is 0.340 e. The van der Waals surface area contributed by atoms with Gasteiger partial charge in [-0.15, -0.1) is 0 Å². The van der Waals surface area contributed by atoms with Crippen LogP contribution in [0, 0.1) is 10.1 Å². The number of anilines is 1. The van der Waals surface area contributed by atoms with Crippen molar-refractivity contribution in [3.8, 4) is 0 Å². The molecule has 17 heavy (non-hydrogen) atoms. The average molecular weight is 238 g/mol. The van der Waals surface area contributed by atoms with Gasteiger partial charge in [0.1, 0.15) is 0 Å². The second kappa shape index (κ2) is 5.83. The van der Waals surface area contributed by atoms with Gasteiger partial charge < -0.3 is 10.1 Å². The van der Waals surface area contributed by atoms with Gasteiger partial charge in [-0.3, -0.25) is 10.1 Å². The highest BCUT2D eigenvalue weighted by Crippen LogP contribution is 2.22. The van der Waals surface area contributed by atoms with Gasteiger partial charge in [-0.1, -0.05) is 6.92 Å². The van der Waals surface area contributed by atoms with E-state index >= 15 is 0 Å². The minimum atomic E-state index is -0.590. The van der Waals surface area contributed by atoms with Crippen LogP contribution in [0.5, 0.6) is 0 Å². The van der Waals surface area contributed by atoms with Crippen LogP contribution in [-0.4, -0.2) is 24.5 Å². The second-order valence-corrected chi connectivity index (χ2v) is 3.41. The molecule has 1 aromatic rings. The van der Waals surface area contributed by atoms with E-state index in [4.69, 9.17) is 0 Å². The zero-order valence-electron chi connectivity index (χ0n) is 9.73. The van der Waals surface area contributed by atoms with Gasteiger partial charge in [0.15, 0.2) is 0 Å². The fourth-order valence-electron chi connectivity index (χ4n) is 1.34. The first kappa shape index (κ1) is 13.0. The molecule has 0 aliphatic carbocycles. The predicted octanol–water partition coefficient (Wildman–Crippen LogP) is 2.20. The third-order valence-corrected chi connectivity index (χ3v) is 2.18. The van der Waals surface area contributed by atoms with E-state index in [1.54, 1.807) is 0 Å². The summed E-state index contributed by atoms with van der Waals surface area (Å²) in [6.45, 7) is 2.66. The number of non-ortho nitro benzene ring substituents is 1. The summed E-state index contributed by atoms with van der Waals surface area (Å²) < 4.78 is 4.59. The number of carbonyl (C=O) groups excluding carboxylic acids is 1. The molecule has 92 valence electrons. The van der Waals surface area contributed by atoms with Crippen molar-refractivity contribution in [3.05, 3.63) is 33.9 Å². The normalized spacial score (nSPS) is 9.76. The molecule has 0 heterocycles. The Hall–Kier alpha value is -2.11. The maximum atomic E-state index is 11.5. The van der Waals surface area contributed by atoms with Crippen LogP contribution in [-0.2, 0) is 4.74 Å². The molecule has 0 saturated heterocycles. The van der Waals surface area contributed by atoms with Crippen molar-refractivity contribution in [2.24, 2.45) is 0 Å². The Morgan fingerprint density at radius 1 is 1.53 bits per heavy atom. The molecule has 0 aliphatic heterocycles. The summed E-state index contributed by atoms with van der Waals surface area (Å²) in [5.41, 5.74) is 0.590. The van der Waals surface area contributed by atoms with Crippen LogP contribution in [0.1, 0.15) is 23.7 Å². The molecule has 0 spiro atoms. The van der Waals surface area contributed by atoms with Crippen LogP contribution in [0.4, 0.5) is 11.4 Å². The Kier molecular flexibility index (Phi) is 4.45. The number of nitro benzene ring substituents is 1. The van der Waals surface area contributed by atoms with Crippen LogP contribution in [0.2, 0.25) is 0 Å². The third-order valence-electron chi connectivity index (χ3n) is 2.18. The van der Waals surface area contributed by atoms with E-state index in [1.165, 1.54) is 25.3 Å². The van der Waals surface area contributed by atoms with Crippen molar-refractivity contribution < 1.29 is 14.5 Å². The van der Waals surface area contributed by atoms with E-state index in [1.807, 2.05) is 6.92 Å². The summed E-state index contributed by atoms with van der Waals surface area (Å²) in [6.07, 6.45) is 0.887. The van der Waals surface area contributed by atoms with Crippen molar-refractivity contribution in [1.29, 1.82) is 0 Å². The lowest BCUT2D eigenvalue weighted by Crippen LogP contribution is -2.09. The highest BCUT2D eigenvalue weighted by atomic mass is 16.6. The standard InChI is InChI=1S/C11H14N2O4/c1-3-6-12-10-5-4-8(13(15)16)7-9(10)11(14)17-2/h4-5,7,12H,3,6H2,1-2H3. The fourth-order valence-corrected chi connectivity index (χ4v) is 1.34. The molecule has 0 amide bonds. The van der Waals surface area contributed by atoms with E-state index in [0.717, 1.165) is 6.42 Å². The minimum absolute atomic E-state index is 0.132. The minimum Gasteiger partial charge on any atom is -0.465 e. The number of ether oxygens (including phenoxy) is 1. The van der Waals surface area contributed by atoms with Gasteiger partial charge >= 0.3 is 5.97 Å². The summed E-state index contributed by atoms with van der Waals surface area (Å²) in [6, 6.07) is 4.08. The summed E-state index contributed by atoms with van der Waals surface area (Å²) >= 11 is 0. The molecule has 0 saturated carbocycles. The van der Waals surface area contributed by atoms with Crippen molar-refractivity contribution >= 4 is 17.3 Å². The van der Waals surface area contributed by atoms with Gasteiger partial charge in [-0.25, -0.2) is 4.79 Å². The Balaban J connectivity index is 3.12. The lowest BCUT2D eigenvalue weighted by Gasteiger charge is -2.09. The summed E-state index contributed by atoms with van der Waals surface area (Å²) in [5.74, 6) is -0.590. The molecule has 1 aromatic carbocycles. The summed E-state index contributed by atoms with van der Waals surface area (Å²) in [7, 11) is 1.24. The molecule has 6 nitrogen and oxygen atoms in total. The van der Waals surface area contributed by atoms with E-state index in [-0.39, 0.29) is 11.3 Å². The van der Waals surface area contributed by atoms with Gasteiger partial charge in [0.05, 0.1) is 17.6 Å². The summed E-state index contributed by atoms with van der Waals surface area (Å²) in [4.78, 5) is 21.6. The highest BCUT2D eigenvalue weighted by molar-refractivity contribution is 5.96. The maximum absolute atomic E-state index is 11.5. The Labute approximate surface area is 98.7 Å². The van der Waals surface area contributed by atoms with Gasteiger partial charge in [0.2, 0.25) is 0 Å². The predicted molar refractivity (Wildman–Crippen MR) is 63.2 cm³/mol. The third kappa shape index (κ3) is 3.17. The van der Waals surface area contributed by atoms with E-state index in [0.29, 0.717) is 12.2 Å². The zero-order chi connectivity index (χ0) is 12.8. The second-order valence-electron chi connectivity index (χ2n) is 3.41. The number of carbonyl (C=O) groups is 1. The molecule has 0 radical (unpaired) electrons. The topological polar surface area (TPSA) is 81.5 Å². The van der Waals surface area contributed by atoms with Crippen LogP contribution in [0.3, 0.4) is 0 Å². The van der Waals surface area contributed by atoms with Crippen LogP contribution in [0.15, 0.2) is 18.2 Å². The van der Waals surface area contributed by atoms with E-state index in [2.05, 4.69) is 10.1 Å². The van der Waals surface area contributed by atoms with E-state index < -0.39 is 10.9 Å². The number of nitrogens with one attached hydrogen (secondary N) is 1. The largest absolute Gasteiger partial charge is 0.465 e. The van der Waals surface area contributed by atoms with Crippen LogP contribution >= 0.6 is 0 Å².